The van der Waals surface area contributed by atoms with Gasteiger partial charge in [0.15, 0.2) is 6.61 Å². The molecule has 7 nitrogen and oxygen atoms in total. The van der Waals surface area contributed by atoms with Crippen LogP contribution in [0.4, 0.5) is 11.4 Å². The molecule has 0 aliphatic carbocycles. The van der Waals surface area contributed by atoms with Gasteiger partial charge in [-0.05, 0) is 48.9 Å². The van der Waals surface area contributed by atoms with Gasteiger partial charge >= 0.3 is 0 Å². The molecule has 1 saturated heterocycles. The Morgan fingerprint density at radius 1 is 1.21 bits per heavy atom. The fourth-order valence-corrected chi connectivity index (χ4v) is 3.30. The van der Waals surface area contributed by atoms with Crippen molar-refractivity contribution < 1.29 is 19.1 Å². The third-order valence-electron chi connectivity index (χ3n) is 4.73. The molecular weight excluding hydrogens is 394 g/mol. The second-order valence-electron chi connectivity index (χ2n) is 6.81. The number of hydrogen-bond acceptors (Lipinski definition) is 4. The highest BCUT2D eigenvalue weighted by atomic mass is 35.5. The van der Waals surface area contributed by atoms with Gasteiger partial charge in [-0.25, -0.2) is 0 Å². The average Bonchev–Trinajstić information content (AvgIpc) is 3.10. The van der Waals surface area contributed by atoms with E-state index in [0.29, 0.717) is 28.7 Å². The number of carbonyl (C=O) groups is 3. The Bertz CT molecular complexity index is 930. The van der Waals surface area contributed by atoms with Crippen molar-refractivity contribution in [1.29, 1.82) is 0 Å². The number of benzene rings is 2. The maximum atomic E-state index is 12.2. The molecule has 1 heterocycles. The van der Waals surface area contributed by atoms with E-state index in [1.54, 1.807) is 48.3 Å². The maximum absolute atomic E-state index is 12.2. The van der Waals surface area contributed by atoms with Gasteiger partial charge in [-0.1, -0.05) is 17.7 Å². The van der Waals surface area contributed by atoms with E-state index in [1.165, 1.54) is 0 Å². The molecule has 0 radical (unpaired) electrons. The van der Waals surface area contributed by atoms with Crippen LogP contribution in [-0.4, -0.2) is 37.9 Å². The largest absolute Gasteiger partial charge is 0.484 e. The maximum Gasteiger partial charge on any atom is 0.262 e. The van der Waals surface area contributed by atoms with Crippen LogP contribution in [0, 0.1) is 12.8 Å². The molecule has 152 valence electrons. The summed E-state index contributed by atoms with van der Waals surface area (Å²) in [6.07, 6.45) is 0.195. The first-order valence-electron chi connectivity index (χ1n) is 9.18. The van der Waals surface area contributed by atoms with Crippen molar-refractivity contribution in [2.75, 3.05) is 30.4 Å². The predicted molar refractivity (Wildman–Crippen MR) is 111 cm³/mol. The highest BCUT2D eigenvalue weighted by molar-refractivity contribution is 6.31. The zero-order chi connectivity index (χ0) is 21.0. The fraction of sp³-hybridized carbons (Fsp3) is 0.286. The molecule has 2 N–H and O–H groups in total. The van der Waals surface area contributed by atoms with Crippen LogP contribution in [0.15, 0.2) is 42.5 Å². The Balaban J connectivity index is 1.55. The van der Waals surface area contributed by atoms with E-state index in [-0.39, 0.29) is 36.7 Å². The third kappa shape index (κ3) is 5.06. The van der Waals surface area contributed by atoms with Crippen molar-refractivity contribution >= 4 is 40.7 Å². The summed E-state index contributed by atoms with van der Waals surface area (Å²) in [5.74, 6) is -0.379. The first kappa shape index (κ1) is 20.7. The highest BCUT2D eigenvalue weighted by Gasteiger charge is 2.34. The van der Waals surface area contributed by atoms with Gasteiger partial charge in [0.2, 0.25) is 11.8 Å². The molecule has 2 aromatic rings. The second-order valence-corrected chi connectivity index (χ2v) is 7.25. The lowest BCUT2D eigenvalue weighted by Crippen LogP contribution is -2.30. The molecule has 3 amide bonds. The van der Waals surface area contributed by atoms with Crippen molar-refractivity contribution in [3.05, 3.63) is 53.1 Å². The number of nitrogens with zero attached hydrogens (tertiary/aromatic N) is 1. The minimum atomic E-state index is -0.345. The van der Waals surface area contributed by atoms with E-state index in [4.69, 9.17) is 16.3 Å². The van der Waals surface area contributed by atoms with Crippen molar-refractivity contribution in [1.82, 2.24) is 5.32 Å². The van der Waals surface area contributed by atoms with Crippen molar-refractivity contribution in [3.8, 4) is 5.75 Å². The molecule has 1 aliphatic heterocycles. The van der Waals surface area contributed by atoms with Crippen molar-refractivity contribution in [3.63, 3.8) is 0 Å². The molecule has 0 aromatic heterocycles. The average molecular weight is 416 g/mol. The first-order valence-corrected chi connectivity index (χ1v) is 9.56. The molecule has 3 rings (SSSR count). The zero-order valence-electron chi connectivity index (χ0n) is 16.2. The summed E-state index contributed by atoms with van der Waals surface area (Å²) < 4.78 is 5.52. The van der Waals surface area contributed by atoms with Crippen LogP contribution in [0.3, 0.4) is 0 Å². The van der Waals surface area contributed by atoms with E-state index in [2.05, 4.69) is 10.6 Å². The molecule has 0 bridgehead atoms. The molecule has 0 unspecified atom stereocenters. The highest BCUT2D eigenvalue weighted by Crippen LogP contribution is 2.27. The summed E-state index contributed by atoms with van der Waals surface area (Å²) in [5.41, 5.74) is 2.23. The summed E-state index contributed by atoms with van der Waals surface area (Å²) >= 11 is 5.95. The Labute approximate surface area is 174 Å². The van der Waals surface area contributed by atoms with Gasteiger partial charge in [0.25, 0.3) is 5.91 Å². The van der Waals surface area contributed by atoms with Gasteiger partial charge in [-0.15, -0.1) is 0 Å². The van der Waals surface area contributed by atoms with Crippen molar-refractivity contribution in [2.45, 2.75) is 13.3 Å². The van der Waals surface area contributed by atoms with Gasteiger partial charge in [-0.3, -0.25) is 14.4 Å². The lowest BCUT2D eigenvalue weighted by molar-refractivity contribution is -0.125. The molecule has 8 heteroatoms. The van der Waals surface area contributed by atoms with Crippen LogP contribution < -0.4 is 20.3 Å². The lowest BCUT2D eigenvalue weighted by atomic mass is 10.1. The summed E-state index contributed by atoms with van der Waals surface area (Å²) in [6, 6.07) is 12.1. The fourth-order valence-electron chi connectivity index (χ4n) is 3.12. The molecule has 0 spiro atoms. The van der Waals surface area contributed by atoms with Crippen LogP contribution in [0.2, 0.25) is 5.02 Å². The summed E-state index contributed by atoms with van der Waals surface area (Å²) in [7, 11) is 1.56. The van der Waals surface area contributed by atoms with Crippen LogP contribution in [0.1, 0.15) is 12.0 Å². The quantitative estimate of drug-likeness (QED) is 0.759. The number of aryl methyl sites for hydroxylation is 1. The number of anilines is 2. The predicted octanol–water partition coefficient (Wildman–Crippen LogP) is 2.76. The number of hydrogen-bond donors (Lipinski definition) is 2. The molecular formula is C21H22ClN3O4. The van der Waals surface area contributed by atoms with Crippen LogP contribution in [-0.2, 0) is 14.4 Å². The van der Waals surface area contributed by atoms with Gasteiger partial charge in [0.1, 0.15) is 5.75 Å². The molecule has 1 fully saturated rings. The topological polar surface area (TPSA) is 87.7 Å². The molecule has 1 atom stereocenters. The third-order valence-corrected chi connectivity index (χ3v) is 4.97. The molecule has 2 aromatic carbocycles. The standard InChI is InChI=1S/C21H22ClN3O4/c1-13-3-4-15(22)10-18(13)24-19(26)12-29-17-7-5-16(6-8-17)25-11-14(9-20(25)27)21(28)23-2/h3-8,10,14H,9,11-12H2,1-2H3,(H,23,28)(H,24,26)/t14-/m1/s1. The van der Waals surface area contributed by atoms with Crippen LogP contribution in [0.25, 0.3) is 0 Å². The number of nitrogens with one attached hydrogen (secondary N) is 2. The smallest absolute Gasteiger partial charge is 0.262 e. The summed E-state index contributed by atoms with van der Waals surface area (Å²) in [6.45, 7) is 2.06. The molecule has 0 saturated carbocycles. The Kier molecular flexibility index (Phi) is 6.39. The monoisotopic (exact) mass is 415 g/mol. The van der Waals surface area contributed by atoms with E-state index in [9.17, 15) is 14.4 Å². The van der Waals surface area contributed by atoms with Gasteiger partial charge < -0.3 is 20.3 Å². The summed E-state index contributed by atoms with van der Waals surface area (Å²) in [5, 5.41) is 5.88. The summed E-state index contributed by atoms with van der Waals surface area (Å²) in [4.78, 5) is 37.6. The Morgan fingerprint density at radius 2 is 1.93 bits per heavy atom. The first-order chi connectivity index (χ1) is 13.9. The van der Waals surface area contributed by atoms with E-state index < -0.39 is 0 Å². The Morgan fingerprint density at radius 3 is 2.62 bits per heavy atom. The molecule has 29 heavy (non-hydrogen) atoms. The number of carbonyl (C=O) groups excluding carboxylic acids is 3. The van der Waals surface area contributed by atoms with Gasteiger partial charge in [0, 0.05) is 36.4 Å². The normalized spacial score (nSPS) is 15.9. The van der Waals surface area contributed by atoms with Gasteiger partial charge in [-0.2, -0.15) is 0 Å². The van der Waals surface area contributed by atoms with Crippen LogP contribution in [0.5, 0.6) is 5.75 Å². The zero-order valence-corrected chi connectivity index (χ0v) is 17.0. The lowest BCUT2D eigenvalue weighted by Gasteiger charge is -2.17. The van der Waals surface area contributed by atoms with Gasteiger partial charge in [0.05, 0.1) is 5.92 Å². The minimum Gasteiger partial charge on any atom is -0.484 e. The van der Waals surface area contributed by atoms with Crippen LogP contribution >= 0.6 is 11.6 Å². The van der Waals surface area contributed by atoms with E-state index in [0.717, 1.165) is 5.56 Å². The van der Waals surface area contributed by atoms with E-state index >= 15 is 0 Å². The Hall–Kier alpha value is -3.06. The number of ether oxygens (including phenoxy) is 1. The number of halogens is 1. The SMILES string of the molecule is CNC(=O)[C@@H]1CC(=O)N(c2ccc(OCC(=O)Nc3cc(Cl)ccc3C)cc2)C1. The number of rotatable bonds is 6. The van der Waals surface area contributed by atoms with Crippen molar-refractivity contribution in [2.24, 2.45) is 5.92 Å². The second kappa shape index (κ2) is 8.96. The van der Waals surface area contributed by atoms with E-state index in [1.807, 2.05) is 13.0 Å². The minimum absolute atomic E-state index is 0.0939. The molecule has 1 aliphatic rings. The number of amides is 3.